The number of pyridine rings is 1. The molecule has 1 aliphatic heterocycles. The third kappa shape index (κ3) is 4.32. The number of amides is 1. The second kappa shape index (κ2) is 8.26. The van der Waals surface area contributed by atoms with Gasteiger partial charge in [-0.3, -0.25) is 9.59 Å². The van der Waals surface area contributed by atoms with E-state index in [1.807, 2.05) is 0 Å². The van der Waals surface area contributed by atoms with Crippen molar-refractivity contribution in [2.45, 2.75) is 11.8 Å². The lowest BCUT2D eigenvalue weighted by Crippen LogP contribution is -2.48. The van der Waals surface area contributed by atoms with Crippen LogP contribution in [0.5, 0.6) is 0 Å². The zero-order chi connectivity index (χ0) is 20.3. The molecule has 28 heavy (non-hydrogen) atoms. The number of benzene rings is 1. The fraction of sp³-hybridized carbons (Fsp3) is 0.368. The second-order valence-corrected chi connectivity index (χ2v) is 8.62. The molecule has 9 heteroatoms. The molecule has 1 aromatic heterocycles. The Hall–Kier alpha value is -2.49. The number of rotatable bonds is 5. The molecule has 1 N–H and O–H groups in total. The topological polar surface area (TPSA) is 91.7 Å². The molecule has 1 saturated heterocycles. The first-order valence-electron chi connectivity index (χ1n) is 9.12. The Morgan fingerprint density at radius 1 is 1.07 bits per heavy atom. The number of likely N-dealkylation sites (N-methyl/N-ethyl adjacent to an activating group) is 1. The fourth-order valence-electron chi connectivity index (χ4n) is 3.04. The molecule has 1 aromatic carbocycles. The van der Waals surface area contributed by atoms with E-state index >= 15 is 0 Å². The third-order valence-electron chi connectivity index (χ3n) is 4.89. The molecule has 3 rings (SSSR count). The van der Waals surface area contributed by atoms with Crippen LogP contribution in [0, 0.1) is 0 Å². The standard InChI is InChI=1S/C19H24N4O4S/c1-3-22-10-12-23(13-11-22)28(26,27)17-6-4-16(5-7-17)20-19(25)15-8-9-21(2)18(24)14-15/h4-9,14H,3,10-13H2,1-2H3,(H,20,25). The first-order chi connectivity index (χ1) is 13.3. The molecule has 0 atom stereocenters. The number of anilines is 1. The van der Waals surface area contributed by atoms with E-state index in [-0.39, 0.29) is 16.0 Å². The molecule has 0 bridgehead atoms. The SMILES string of the molecule is CCN1CCN(S(=O)(=O)c2ccc(NC(=O)c3ccn(C)c(=O)c3)cc2)CC1. The van der Waals surface area contributed by atoms with Gasteiger partial charge in [0.15, 0.2) is 0 Å². The van der Waals surface area contributed by atoms with E-state index in [0.29, 0.717) is 18.8 Å². The number of hydrogen-bond donors (Lipinski definition) is 1. The lowest BCUT2D eigenvalue weighted by atomic mass is 10.2. The number of aromatic nitrogens is 1. The van der Waals surface area contributed by atoms with Gasteiger partial charge in [-0.1, -0.05) is 6.92 Å². The lowest BCUT2D eigenvalue weighted by molar-refractivity contribution is 0.102. The van der Waals surface area contributed by atoms with E-state index in [2.05, 4.69) is 17.1 Å². The summed E-state index contributed by atoms with van der Waals surface area (Å²) in [5.41, 5.74) is 0.422. The molecular weight excluding hydrogens is 380 g/mol. The number of aryl methyl sites for hydroxylation is 1. The maximum absolute atomic E-state index is 12.8. The van der Waals surface area contributed by atoms with E-state index in [0.717, 1.165) is 19.6 Å². The summed E-state index contributed by atoms with van der Waals surface area (Å²) >= 11 is 0. The van der Waals surface area contributed by atoms with E-state index in [1.165, 1.54) is 33.3 Å². The number of hydrogen-bond acceptors (Lipinski definition) is 5. The Morgan fingerprint density at radius 2 is 1.71 bits per heavy atom. The van der Waals surface area contributed by atoms with Gasteiger partial charge in [0.25, 0.3) is 11.5 Å². The monoisotopic (exact) mass is 404 g/mol. The molecule has 1 fully saturated rings. The highest BCUT2D eigenvalue weighted by Gasteiger charge is 2.27. The van der Waals surface area contributed by atoms with Crippen LogP contribution in [-0.2, 0) is 17.1 Å². The van der Waals surface area contributed by atoms with Gasteiger partial charge in [0.1, 0.15) is 0 Å². The van der Waals surface area contributed by atoms with Crippen molar-refractivity contribution < 1.29 is 13.2 Å². The van der Waals surface area contributed by atoms with Gasteiger partial charge in [0, 0.05) is 56.7 Å². The van der Waals surface area contributed by atoms with Crippen molar-refractivity contribution in [3.63, 3.8) is 0 Å². The van der Waals surface area contributed by atoms with Crippen molar-refractivity contribution in [2.24, 2.45) is 7.05 Å². The van der Waals surface area contributed by atoms with E-state index < -0.39 is 15.9 Å². The van der Waals surface area contributed by atoms with Gasteiger partial charge in [0.05, 0.1) is 4.90 Å². The van der Waals surface area contributed by atoms with Crippen LogP contribution in [0.15, 0.2) is 52.3 Å². The average molecular weight is 404 g/mol. The minimum atomic E-state index is -3.55. The molecule has 2 heterocycles. The molecule has 0 saturated carbocycles. The van der Waals surface area contributed by atoms with Crippen LogP contribution in [0.1, 0.15) is 17.3 Å². The smallest absolute Gasteiger partial charge is 0.255 e. The Bertz CT molecular complexity index is 1010. The van der Waals surface area contributed by atoms with Gasteiger partial charge in [-0.15, -0.1) is 0 Å². The summed E-state index contributed by atoms with van der Waals surface area (Å²) in [5.74, 6) is -0.427. The number of sulfonamides is 1. The second-order valence-electron chi connectivity index (χ2n) is 6.68. The van der Waals surface area contributed by atoms with Gasteiger partial charge in [-0.25, -0.2) is 8.42 Å². The Morgan fingerprint density at radius 3 is 2.29 bits per heavy atom. The predicted octanol–water partition coefficient (Wildman–Crippen LogP) is 0.964. The minimum Gasteiger partial charge on any atom is -0.322 e. The molecule has 2 aromatic rings. The fourth-order valence-corrected chi connectivity index (χ4v) is 4.46. The molecule has 0 aliphatic carbocycles. The Kier molecular flexibility index (Phi) is 5.97. The van der Waals surface area contributed by atoms with E-state index in [4.69, 9.17) is 0 Å². The minimum absolute atomic E-state index is 0.198. The summed E-state index contributed by atoms with van der Waals surface area (Å²) in [7, 11) is -1.95. The van der Waals surface area contributed by atoms with Gasteiger partial charge >= 0.3 is 0 Å². The number of piperazine rings is 1. The molecule has 8 nitrogen and oxygen atoms in total. The first-order valence-corrected chi connectivity index (χ1v) is 10.6. The van der Waals surface area contributed by atoms with Crippen LogP contribution < -0.4 is 10.9 Å². The quantitative estimate of drug-likeness (QED) is 0.802. The van der Waals surface area contributed by atoms with Crippen molar-refractivity contribution in [1.29, 1.82) is 0 Å². The summed E-state index contributed by atoms with van der Waals surface area (Å²) in [6.45, 7) is 5.36. The zero-order valence-corrected chi connectivity index (χ0v) is 16.8. The Labute approximate surface area is 164 Å². The predicted molar refractivity (Wildman–Crippen MR) is 107 cm³/mol. The lowest BCUT2D eigenvalue weighted by Gasteiger charge is -2.33. The highest BCUT2D eigenvalue weighted by Crippen LogP contribution is 2.20. The maximum atomic E-state index is 12.8. The van der Waals surface area contributed by atoms with Gasteiger partial charge < -0.3 is 14.8 Å². The Balaban J connectivity index is 1.70. The number of nitrogens with one attached hydrogen (secondary N) is 1. The number of carbonyl (C=O) groups excluding carboxylic acids is 1. The average Bonchev–Trinajstić information content (AvgIpc) is 2.70. The maximum Gasteiger partial charge on any atom is 0.255 e. The number of carbonyl (C=O) groups is 1. The van der Waals surface area contributed by atoms with E-state index in [1.54, 1.807) is 25.2 Å². The zero-order valence-electron chi connectivity index (χ0n) is 16.0. The summed E-state index contributed by atoms with van der Waals surface area (Å²) in [6, 6.07) is 8.88. The molecule has 150 valence electrons. The molecule has 0 spiro atoms. The van der Waals surface area contributed by atoms with Crippen LogP contribution in [-0.4, -0.2) is 60.8 Å². The first kappa shape index (κ1) is 20.2. The molecule has 1 amide bonds. The van der Waals surface area contributed by atoms with Crippen LogP contribution in [0.25, 0.3) is 0 Å². The summed E-state index contributed by atoms with van der Waals surface area (Å²) in [6.07, 6.45) is 1.52. The normalized spacial score (nSPS) is 16.1. The summed E-state index contributed by atoms with van der Waals surface area (Å²) in [5, 5.41) is 2.67. The molecule has 0 unspecified atom stereocenters. The number of nitrogens with zero attached hydrogens (tertiary/aromatic N) is 3. The van der Waals surface area contributed by atoms with Gasteiger partial charge in [-0.2, -0.15) is 4.31 Å². The van der Waals surface area contributed by atoms with Gasteiger partial charge in [-0.05, 0) is 36.9 Å². The molecular formula is C19H24N4O4S. The molecule has 1 aliphatic rings. The molecule has 0 radical (unpaired) electrons. The van der Waals surface area contributed by atoms with Crippen molar-refractivity contribution in [1.82, 2.24) is 13.8 Å². The van der Waals surface area contributed by atoms with Gasteiger partial charge in [0.2, 0.25) is 10.0 Å². The van der Waals surface area contributed by atoms with Crippen molar-refractivity contribution in [2.75, 3.05) is 38.0 Å². The van der Waals surface area contributed by atoms with Crippen LogP contribution in [0.4, 0.5) is 5.69 Å². The summed E-state index contributed by atoms with van der Waals surface area (Å²) < 4.78 is 28.4. The van der Waals surface area contributed by atoms with Crippen LogP contribution >= 0.6 is 0 Å². The largest absolute Gasteiger partial charge is 0.322 e. The third-order valence-corrected chi connectivity index (χ3v) is 6.81. The highest BCUT2D eigenvalue weighted by atomic mass is 32.2. The van der Waals surface area contributed by atoms with Crippen molar-refractivity contribution in [3.05, 3.63) is 58.5 Å². The summed E-state index contributed by atoms with van der Waals surface area (Å²) in [4.78, 5) is 26.3. The van der Waals surface area contributed by atoms with Crippen molar-refractivity contribution >= 4 is 21.6 Å². The highest BCUT2D eigenvalue weighted by molar-refractivity contribution is 7.89. The van der Waals surface area contributed by atoms with Crippen molar-refractivity contribution in [3.8, 4) is 0 Å². The van der Waals surface area contributed by atoms with E-state index in [9.17, 15) is 18.0 Å². The van der Waals surface area contributed by atoms with Crippen LogP contribution in [0.3, 0.4) is 0 Å². The van der Waals surface area contributed by atoms with Crippen LogP contribution in [0.2, 0.25) is 0 Å².